The van der Waals surface area contributed by atoms with Crippen molar-refractivity contribution in [3.05, 3.63) is 23.5 Å². The van der Waals surface area contributed by atoms with Gasteiger partial charge < -0.3 is 9.88 Å². The Kier molecular flexibility index (Phi) is 1.91. The molecule has 3 rings (SSSR count). The van der Waals surface area contributed by atoms with Crippen molar-refractivity contribution in [1.29, 1.82) is 0 Å². The van der Waals surface area contributed by atoms with E-state index < -0.39 is 0 Å². The Balaban J connectivity index is 1.92. The van der Waals surface area contributed by atoms with Gasteiger partial charge in [-0.25, -0.2) is 0 Å². The van der Waals surface area contributed by atoms with Crippen LogP contribution in [0.2, 0.25) is 0 Å². The van der Waals surface area contributed by atoms with Crippen molar-refractivity contribution in [1.82, 2.24) is 9.88 Å². The van der Waals surface area contributed by atoms with Crippen LogP contribution in [0.1, 0.15) is 17.7 Å². The summed E-state index contributed by atoms with van der Waals surface area (Å²) in [6, 6.07) is 2.31. The molecule has 1 saturated heterocycles. The molecule has 2 unspecified atom stereocenters. The van der Waals surface area contributed by atoms with Gasteiger partial charge in [0.2, 0.25) is 0 Å². The van der Waals surface area contributed by atoms with Crippen LogP contribution in [0.15, 0.2) is 12.3 Å². The van der Waals surface area contributed by atoms with E-state index in [0.717, 1.165) is 11.8 Å². The molecule has 0 radical (unpaired) electrons. The van der Waals surface area contributed by atoms with Gasteiger partial charge in [-0.2, -0.15) is 0 Å². The molecule has 14 heavy (non-hydrogen) atoms. The minimum atomic E-state index is 0.902. The summed E-state index contributed by atoms with van der Waals surface area (Å²) in [4.78, 5) is 0. The second kappa shape index (κ2) is 3.13. The highest BCUT2D eigenvalue weighted by Crippen LogP contribution is 2.33. The minimum Gasteiger partial charge on any atom is -0.354 e. The van der Waals surface area contributed by atoms with E-state index in [9.17, 15) is 0 Å². The fourth-order valence-corrected chi connectivity index (χ4v) is 3.09. The van der Waals surface area contributed by atoms with Crippen LogP contribution in [0.5, 0.6) is 0 Å². The third-order valence-corrected chi connectivity index (χ3v) is 4.00. The fraction of sp³-hybridized carbons (Fsp3) is 0.667. The Morgan fingerprint density at radius 3 is 3.21 bits per heavy atom. The van der Waals surface area contributed by atoms with Gasteiger partial charge in [-0.3, -0.25) is 0 Å². The van der Waals surface area contributed by atoms with Crippen molar-refractivity contribution in [2.75, 3.05) is 13.1 Å². The average molecular weight is 190 g/mol. The van der Waals surface area contributed by atoms with E-state index in [0.29, 0.717) is 0 Å². The van der Waals surface area contributed by atoms with E-state index in [4.69, 9.17) is 0 Å². The lowest BCUT2D eigenvalue weighted by atomic mass is 9.75. The van der Waals surface area contributed by atoms with Crippen molar-refractivity contribution in [2.45, 2.75) is 19.3 Å². The number of hydrogen-bond donors (Lipinski definition) is 1. The zero-order valence-electron chi connectivity index (χ0n) is 8.79. The normalized spacial score (nSPS) is 30.9. The van der Waals surface area contributed by atoms with Crippen LogP contribution < -0.4 is 5.32 Å². The van der Waals surface area contributed by atoms with Crippen LogP contribution in [0.4, 0.5) is 0 Å². The van der Waals surface area contributed by atoms with Gasteiger partial charge in [0.05, 0.1) is 0 Å². The molecule has 2 heterocycles. The maximum absolute atomic E-state index is 3.51. The number of rotatable bonds is 0. The Morgan fingerprint density at radius 1 is 1.36 bits per heavy atom. The standard InChI is InChI=1S/C12H18N2/c1-14-5-3-10-6-11-8-13-4-2-9(11)7-12(10)14/h3,5,9,11,13H,2,4,6-8H2,1H3. The van der Waals surface area contributed by atoms with Gasteiger partial charge in [-0.1, -0.05) is 0 Å². The molecule has 1 aromatic heterocycles. The molecule has 2 atom stereocenters. The third kappa shape index (κ3) is 1.21. The molecule has 1 N–H and O–H groups in total. The first-order valence-corrected chi connectivity index (χ1v) is 5.68. The molecule has 2 heteroatoms. The largest absolute Gasteiger partial charge is 0.354 e. The summed E-state index contributed by atoms with van der Waals surface area (Å²) in [5.74, 6) is 1.84. The van der Waals surface area contributed by atoms with Crippen LogP contribution in [-0.4, -0.2) is 17.7 Å². The second-order valence-electron chi connectivity index (χ2n) is 4.82. The average Bonchev–Trinajstić information content (AvgIpc) is 2.57. The smallest absolute Gasteiger partial charge is 0.0206 e. The number of aromatic nitrogens is 1. The van der Waals surface area contributed by atoms with E-state index in [1.54, 1.807) is 11.3 Å². The molecule has 0 saturated carbocycles. The summed E-state index contributed by atoms with van der Waals surface area (Å²) in [7, 11) is 2.18. The molecule has 1 fully saturated rings. The molecule has 1 aliphatic carbocycles. The topological polar surface area (TPSA) is 17.0 Å². The monoisotopic (exact) mass is 190 g/mol. The molecule has 1 aliphatic heterocycles. The van der Waals surface area contributed by atoms with E-state index >= 15 is 0 Å². The fourth-order valence-electron chi connectivity index (χ4n) is 3.09. The van der Waals surface area contributed by atoms with Crippen molar-refractivity contribution in [3.8, 4) is 0 Å². The molecule has 0 spiro atoms. The van der Waals surface area contributed by atoms with Gasteiger partial charge in [0.25, 0.3) is 0 Å². The summed E-state index contributed by atoms with van der Waals surface area (Å²) < 4.78 is 2.31. The molecular weight excluding hydrogens is 172 g/mol. The Labute approximate surface area is 85.3 Å². The van der Waals surface area contributed by atoms with Crippen LogP contribution in [0, 0.1) is 11.8 Å². The van der Waals surface area contributed by atoms with Crippen molar-refractivity contribution >= 4 is 0 Å². The number of fused-ring (bicyclic) bond motifs is 2. The molecule has 2 nitrogen and oxygen atoms in total. The highest BCUT2D eigenvalue weighted by atomic mass is 14.9. The number of nitrogens with one attached hydrogen (secondary N) is 1. The molecule has 1 aromatic rings. The van der Waals surface area contributed by atoms with Crippen LogP contribution in [0.3, 0.4) is 0 Å². The summed E-state index contributed by atoms with van der Waals surface area (Å²) in [5, 5.41) is 3.51. The molecule has 0 amide bonds. The maximum Gasteiger partial charge on any atom is 0.0206 e. The first-order valence-electron chi connectivity index (χ1n) is 5.68. The highest BCUT2D eigenvalue weighted by molar-refractivity contribution is 5.26. The second-order valence-corrected chi connectivity index (χ2v) is 4.82. The summed E-state index contributed by atoms with van der Waals surface area (Å²) in [6.45, 7) is 2.46. The van der Waals surface area contributed by atoms with Crippen LogP contribution in [0.25, 0.3) is 0 Å². The van der Waals surface area contributed by atoms with E-state index in [-0.39, 0.29) is 0 Å². The summed E-state index contributed by atoms with van der Waals surface area (Å²) >= 11 is 0. The quantitative estimate of drug-likeness (QED) is 0.653. The van der Waals surface area contributed by atoms with Gasteiger partial charge in [0.1, 0.15) is 0 Å². The SMILES string of the molecule is Cn1ccc2c1CC1CCNCC1C2. The maximum atomic E-state index is 3.51. The molecule has 0 bridgehead atoms. The number of aryl methyl sites for hydroxylation is 1. The Hall–Kier alpha value is -0.760. The minimum absolute atomic E-state index is 0.902. The number of nitrogens with zero attached hydrogens (tertiary/aromatic N) is 1. The first kappa shape index (κ1) is 8.54. The predicted molar refractivity (Wildman–Crippen MR) is 57.3 cm³/mol. The van der Waals surface area contributed by atoms with Crippen molar-refractivity contribution in [3.63, 3.8) is 0 Å². The molecule has 0 aromatic carbocycles. The molecule has 76 valence electrons. The lowest BCUT2D eigenvalue weighted by Gasteiger charge is -2.36. The lowest BCUT2D eigenvalue weighted by molar-refractivity contribution is 0.234. The van der Waals surface area contributed by atoms with Gasteiger partial charge in [-0.15, -0.1) is 0 Å². The zero-order valence-corrected chi connectivity index (χ0v) is 8.79. The van der Waals surface area contributed by atoms with Crippen LogP contribution >= 0.6 is 0 Å². The predicted octanol–water partition coefficient (Wildman–Crippen LogP) is 1.35. The highest BCUT2D eigenvalue weighted by Gasteiger charge is 2.31. The molecule has 2 aliphatic rings. The number of piperidine rings is 1. The molecular formula is C12H18N2. The van der Waals surface area contributed by atoms with Gasteiger partial charge in [0, 0.05) is 18.9 Å². The van der Waals surface area contributed by atoms with Crippen molar-refractivity contribution < 1.29 is 0 Å². The first-order chi connectivity index (χ1) is 6.84. The summed E-state index contributed by atoms with van der Waals surface area (Å²) in [5.41, 5.74) is 3.19. The zero-order chi connectivity index (χ0) is 9.54. The van der Waals surface area contributed by atoms with Gasteiger partial charge >= 0.3 is 0 Å². The van der Waals surface area contributed by atoms with Gasteiger partial charge in [-0.05, 0) is 55.8 Å². The Bertz CT molecular complexity index is 340. The lowest BCUT2D eigenvalue weighted by Crippen LogP contribution is -2.41. The third-order valence-electron chi connectivity index (χ3n) is 4.00. The van der Waals surface area contributed by atoms with Crippen molar-refractivity contribution in [2.24, 2.45) is 18.9 Å². The van der Waals surface area contributed by atoms with Gasteiger partial charge in [0.15, 0.2) is 0 Å². The van der Waals surface area contributed by atoms with Crippen LogP contribution in [-0.2, 0) is 19.9 Å². The Morgan fingerprint density at radius 2 is 2.29 bits per heavy atom. The van der Waals surface area contributed by atoms with E-state index in [2.05, 4.69) is 29.2 Å². The summed E-state index contributed by atoms with van der Waals surface area (Å²) in [6.07, 6.45) is 6.20. The number of hydrogen-bond acceptors (Lipinski definition) is 1. The van der Waals surface area contributed by atoms with E-state index in [1.807, 2.05) is 0 Å². The van der Waals surface area contributed by atoms with E-state index in [1.165, 1.54) is 32.4 Å².